The van der Waals surface area contributed by atoms with Gasteiger partial charge in [-0.2, -0.15) is 0 Å². The Morgan fingerprint density at radius 2 is 1.94 bits per heavy atom. The number of rotatable bonds is 0. The van der Waals surface area contributed by atoms with E-state index in [0.717, 1.165) is 15.4 Å². The van der Waals surface area contributed by atoms with Gasteiger partial charge in [0.25, 0.3) is 0 Å². The summed E-state index contributed by atoms with van der Waals surface area (Å²) in [6.07, 6.45) is 1.74. The third-order valence-electron chi connectivity index (χ3n) is 2.53. The van der Waals surface area contributed by atoms with Gasteiger partial charge in [0.1, 0.15) is 5.82 Å². The maximum atomic E-state index is 13.1. The van der Waals surface area contributed by atoms with E-state index in [1.807, 2.05) is 0 Å². The van der Waals surface area contributed by atoms with Crippen LogP contribution in [0.25, 0.3) is 10.9 Å². The van der Waals surface area contributed by atoms with E-state index in [0.29, 0.717) is 5.52 Å². The molecule has 1 aromatic heterocycles. The molecule has 0 unspecified atom stereocenters. The fourth-order valence-electron chi connectivity index (χ4n) is 1.90. The number of hydrogen-bond acceptors (Lipinski definition) is 1. The van der Waals surface area contributed by atoms with E-state index in [9.17, 15) is 4.39 Å². The van der Waals surface area contributed by atoms with Crippen molar-refractivity contribution < 1.29 is 4.39 Å². The number of hydrogen-bond donors (Lipinski definition) is 0. The Bertz CT molecular complexity index is 543. The molecule has 3 heteroatoms. The molecule has 0 saturated carbocycles. The molecule has 1 aromatic carbocycles. The van der Waals surface area contributed by atoms with Crippen molar-refractivity contribution in [2.45, 2.75) is 26.2 Å². The van der Waals surface area contributed by atoms with Crippen LogP contribution >= 0.6 is 15.9 Å². The first-order chi connectivity index (χ1) is 7.39. The van der Waals surface area contributed by atoms with Crippen LogP contribution in [-0.2, 0) is 5.41 Å². The molecule has 2 aromatic rings. The van der Waals surface area contributed by atoms with Crippen LogP contribution < -0.4 is 0 Å². The minimum Gasteiger partial charge on any atom is -0.255 e. The van der Waals surface area contributed by atoms with Gasteiger partial charge in [-0.1, -0.05) is 20.8 Å². The first kappa shape index (κ1) is 11.5. The summed E-state index contributed by atoms with van der Waals surface area (Å²) >= 11 is 3.52. The monoisotopic (exact) mass is 281 g/mol. The molecular formula is C13H13BrFN. The second-order valence-corrected chi connectivity index (χ2v) is 5.75. The highest BCUT2D eigenvalue weighted by Crippen LogP contribution is 2.34. The number of benzene rings is 1. The Kier molecular flexibility index (Phi) is 2.74. The zero-order valence-corrected chi connectivity index (χ0v) is 11.1. The highest BCUT2D eigenvalue weighted by Gasteiger charge is 2.20. The van der Waals surface area contributed by atoms with Gasteiger partial charge in [0.2, 0.25) is 0 Å². The first-order valence-corrected chi connectivity index (χ1v) is 5.93. The highest BCUT2D eigenvalue weighted by atomic mass is 79.9. The Hall–Kier alpha value is -0.960. The molecule has 16 heavy (non-hydrogen) atoms. The average molecular weight is 282 g/mol. The van der Waals surface area contributed by atoms with Crippen molar-refractivity contribution in [1.29, 1.82) is 0 Å². The van der Waals surface area contributed by atoms with E-state index in [2.05, 4.69) is 41.7 Å². The SMILES string of the molecule is CC(C)(C)c1c(Br)cnc2cc(F)ccc12. The van der Waals surface area contributed by atoms with Crippen molar-refractivity contribution in [3.8, 4) is 0 Å². The van der Waals surface area contributed by atoms with Gasteiger partial charge in [0.05, 0.1) is 5.52 Å². The summed E-state index contributed by atoms with van der Waals surface area (Å²) in [5.74, 6) is -0.248. The topological polar surface area (TPSA) is 12.9 Å². The summed E-state index contributed by atoms with van der Waals surface area (Å²) in [7, 11) is 0. The molecule has 1 nitrogen and oxygen atoms in total. The van der Waals surface area contributed by atoms with E-state index in [1.54, 1.807) is 12.3 Å². The molecule has 0 N–H and O–H groups in total. The minimum atomic E-state index is -0.248. The lowest BCUT2D eigenvalue weighted by Gasteiger charge is -2.22. The molecule has 0 fully saturated rings. The molecule has 0 radical (unpaired) electrons. The molecular weight excluding hydrogens is 269 g/mol. The Balaban J connectivity index is 2.85. The Labute approximate surface area is 103 Å². The number of nitrogens with zero attached hydrogens (tertiary/aromatic N) is 1. The van der Waals surface area contributed by atoms with Crippen LogP contribution in [0.15, 0.2) is 28.9 Å². The van der Waals surface area contributed by atoms with Crippen LogP contribution in [-0.4, -0.2) is 4.98 Å². The normalized spacial score (nSPS) is 12.1. The molecule has 84 valence electrons. The predicted molar refractivity (Wildman–Crippen MR) is 68.1 cm³/mol. The maximum absolute atomic E-state index is 13.1. The summed E-state index contributed by atoms with van der Waals surface area (Å²) in [5.41, 5.74) is 1.86. The molecule has 0 aliphatic rings. The lowest BCUT2D eigenvalue weighted by atomic mass is 9.85. The average Bonchev–Trinajstić information content (AvgIpc) is 2.16. The van der Waals surface area contributed by atoms with Crippen LogP contribution in [0.3, 0.4) is 0 Å². The number of aromatic nitrogens is 1. The van der Waals surface area contributed by atoms with E-state index < -0.39 is 0 Å². The summed E-state index contributed by atoms with van der Waals surface area (Å²) in [5, 5.41) is 1.00. The second-order valence-electron chi connectivity index (χ2n) is 4.89. The molecule has 0 aliphatic carbocycles. The lowest BCUT2D eigenvalue weighted by molar-refractivity contribution is 0.591. The van der Waals surface area contributed by atoms with Gasteiger partial charge in [0, 0.05) is 22.1 Å². The molecule has 1 heterocycles. The predicted octanol–water partition coefficient (Wildman–Crippen LogP) is 4.43. The van der Waals surface area contributed by atoms with Crippen molar-refractivity contribution in [3.63, 3.8) is 0 Å². The van der Waals surface area contributed by atoms with E-state index in [-0.39, 0.29) is 11.2 Å². The zero-order valence-electron chi connectivity index (χ0n) is 9.51. The molecule has 0 amide bonds. The van der Waals surface area contributed by atoms with Crippen LogP contribution in [0.1, 0.15) is 26.3 Å². The van der Waals surface area contributed by atoms with Gasteiger partial charge in [-0.3, -0.25) is 4.98 Å². The van der Waals surface area contributed by atoms with Gasteiger partial charge < -0.3 is 0 Å². The van der Waals surface area contributed by atoms with Gasteiger partial charge in [-0.15, -0.1) is 0 Å². The maximum Gasteiger partial charge on any atom is 0.125 e. The van der Waals surface area contributed by atoms with Crippen molar-refractivity contribution >= 4 is 26.8 Å². The quantitative estimate of drug-likeness (QED) is 0.696. The summed E-state index contributed by atoms with van der Waals surface area (Å²) in [4.78, 5) is 4.23. The Morgan fingerprint density at radius 3 is 2.56 bits per heavy atom. The van der Waals surface area contributed by atoms with Gasteiger partial charge >= 0.3 is 0 Å². The molecule has 2 rings (SSSR count). The fraction of sp³-hybridized carbons (Fsp3) is 0.308. The summed E-state index contributed by atoms with van der Waals surface area (Å²) in [6, 6.07) is 4.74. The summed E-state index contributed by atoms with van der Waals surface area (Å²) < 4.78 is 14.1. The summed E-state index contributed by atoms with van der Waals surface area (Å²) in [6.45, 7) is 6.40. The molecule has 0 aliphatic heterocycles. The largest absolute Gasteiger partial charge is 0.255 e. The van der Waals surface area contributed by atoms with Crippen LogP contribution in [0.4, 0.5) is 4.39 Å². The third kappa shape index (κ3) is 1.96. The third-order valence-corrected chi connectivity index (χ3v) is 3.14. The van der Waals surface area contributed by atoms with E-state index >= 15 is 0 Å². The Morgan fingerprint density at radius 1 is 1.25 bits per heavy atom. The number of pyridine rings is 1. The first-order valence-electron chi connectivity index (χ1n) is 5.14. The number of halogens is 2. The van der Waals surface area contributed by atoms with Gasteiger partial charge in [-0.05, 0) is 39.0 Å². The molecule has 0 atom stereocenters. The van der Waals surface area contributed by atoms with Crippen molar-refractivity contribution in [2.24, 2.45) is 0 Å². The van der Waals surface area contributed by atoms with Crippen molar-refractivity contribution in [2.75, 3.05) is 0 Å². The van der Waals surface area contributed by atoms with Gasteiger partial charge in [0.15, 0.2) is 0 Å². The molecule has 0 saturated heterocycles. The number of fused-ring (bicyclic) bond motifs is 1. The van der Waals surface area contributed by atoms with E-state index in [1.165, 1.54) is 12.1 Å². The van der Waals surface area contributed by atoms with Crippen LogP contribution in [0.2, 0.25) is 0 Å². The zero-order chi connectivity index (χ0) is 11.9. The van der Waals surface area contributed by atoms with E-state index in [4.69, 9.17) is 0 Å². The molecule has 0 bridgehead atoms. The second kappa shape index (κ2) is 3.81. The molecule has 0 spiro atoms. The fourth-order valence-corrected chi connectivity index (χ4v) is 2.82. The lowest BCUT2D eigenvalue weighted by Crippen LogP contribution is -2.13. The van der Waals surface area contributed by atoms with Crippen molar-refractivity contribution in [3.05, 3.63) is 40.2 Å². The van der Waals surface area contributed by atoms with Crippen LogP contribution in [0.5, 0.6) is 0 Å². The highest BCUT2D eigenvalue weighted by molar-refractivity contribution is 9.10. The standard InChI is InChI=1S/C13H13BrFN/c1-13(2,3)12-9-5-4-8(15)6-11(9)16-7-10(12)14/h4-7H,1-3H3. The minimum absolute atomic E-state index is 0.00213. The smallest absolute Gasteiger partial charge is 0.125 e. The van der Waals surface area contributed by atoms with Crippen LogP contribution in [0, 0.1) is 5.82 Å². The van der Waals surface area contributed by atoms with Crippen molar-refractivity contribution in [1.82, 2.24) is 4.98 Å². The van der Waals surface area contributed by atoms with Gasteiger partial charge in [-0.25, -0.2) is 4.39 Å².